The number of ketones is 1. The van der Waals surface area contributed by atoms with Crippen molar-refractivity contribution in [2.45, 2.75) is 37.8 Å². The van der Waals surface area contributed by atoms with Crippen LogP contribution in [0.3, 0.4) is 0 Å². The van der Waals surface area contributed by atoms with Gasteiger partial charge in [0.1, 0.15) is 6.04 Å². The van der Waals surface area contributed by atoms with Crippen LogP contribution in [0.2, 0.25) is 0 Å². The van der Waals surface area contributed by atoms with E-state index in [4.69, 9.17) is 5.26 Å². The van der Waals surface area contributed by atoms with Crippen LogP contribution in [0.4, 0.5) is 8.78 Å². The molecule has 3 heterocycles. The van der Waals surface area contributed by atoms with Crippen molar-refractivity contribution in [1.29, 1.82) is 5.26 Å². The van der Waals surface area contributed by atoms with Crippen molar-refractivity contribution in [2.75, 3.05) is 6.54 Å². The second-order valence-corrected chi connectivity index (χ2v) is 9.05. The molecule has 6 nitrogen and oxygen atoms in total. The highest BCUT2D eigenvalue weighted by Gasteiger charge is 2.47. The predicted molar refractivity (Wildman–Crippen MR) is 133 cm³/mol. The first-order valence-electron chi connectivity index (χ1n) is 11.6. The number of hydrogen-bond acceptors (Lipinski definition) is 5. The van der Waals surface area contributed by atoms with Crippen LogP contribution in [0, 0.1) is 11.3 Å². The normalized spacial score (nSPS) is 18.0. The third kappa shape index (κ3) is 4.78. The molecule has 0 unspecified atom stereocenters. The smallest absolute Gasteiger partial charge is 0.268 e. The van der Waals surface area contributed by atoms with Crippen LogP contribution in [0.15, 0.2) is 53.7 Å². The summed E-state index contributed by atoms with van der Waals surface area (Å²) in [6.45, 7) is -0.0774. The van der Waals surface area contributed by atoms with Crippen LogP contribution in [0.1, 0.15) is 51.9 Å². The molecule has 36 heavy (non-hydrogen) atoms. The van der Waals surface area contributed by atoms with Gasteiger partial charge in [-0.05, 0) is 46.5 Å². The van der Waals surface area contributed by atoms with Gasteiger partial charge in [0.2, 0.25) is 5.91 Å². The van der Waals surface area contributed by atoms with E-state index < -0.39 is 30.8 Å². The fourth-order valence-electron chi connectivity index (χ4n) is 4.62. The van der Waals surface area contributed by atoms with E-state index in [2.05, 4.69) is 22.1 Å². The lowest BCUT2D eigenvalue weighted by Crippen LogP contribution is -2.36. The van der Waals surface area contributed by atoms with Crippen molar-refractivity contribution in [3.05, 3.63) is 76.5 Å². The number of benzene rings is 2. The molecule has 1 saturated heterocycles. The number of carbonyl (C=O) groups is 2. The highest BCUT2D eigenvalue weighted by Crippen LogP contribution is 2.32. The maximum absolute atomic E-state index is 13.7. The molecule has 0 N–H and O–H groups in total. The number of aliphatic imine (C=N–C) groups is 1. The van der Waals surface area contributed by atoms with E-state index in [9.17, 15) is 18.4 Å². The van der Waals surface area contributed by atoms with Gasteiger partial charge in [-0.15, -0.1) is 0 Å². The molecule has 2 aliphatic rings. The maximum atomic E-state index is 13.7. The van der Waals surface area contributed by atoms with E-state index in [-0.39, 0.29) is 18.6 Å². The fourth-order valence-corrected chi connectivity index (χ4v) is 4.62. The van der Waals surface area contributed by atoms with Crippen molar-refractivity contribution in [3.8, 4) is 6.07 Å². The molecule has 0 saturated carbocycles. The first kappa shape index (κ1) is 23.5. The lowest BCUT2D eigenvalue weighted by Gasteiger charge is -2.18. The molecule has 0 aliphatic carbocycles. The van der Waals surface area contributed by atoms with Crippen LogP contribution in [-0.2, 0) is 11.3 Å². The average molecular weight is 485 g/mol. The van der Waals surface area contributed by atoms with Crippen molar-refractivity contribution >= 4 is 41.0 Å². The molecular weight excluding hydrogens is 462 g/mol. The number of carbonyl (C=O) groups excluding carboxylic acids is 2. The molecule has 8 heteroatoms. The summed E-state index contributed by atoms with van der Waals surface area (Å²) in [5.74, 6) is -3.98. The van der Waals surface area contributed by atoms with Crippen LogP contribution in [0.25, 0.3) is 23.1 Å². The van der Waals surface area contributed by atoms with Crippen molar-refractivity contribution in [3.63, 3.8) is 0 Å². The molecule has 3 aromatic rings. The molecule has 2 aromatic carbocycles. The number of halogens is 2. The summed E-state index contributed by atoms with van der Waals surface area (Å²) >= 11 is 0. The number of amides is 1. The van der Waals surface area contributed by atoms with Gasteiger partial charge in [0.05, 0.1) is 24.7 Å². The summed E-state index contributed by atoms with van der Waals surface area (Å²) in [6, 6.07) is 14.0. The second kappa shape index (κ2) is 9.42. The summed E-state index contributed by atoms with van der Waals surface area (Å²) in [7, 11) is 0. The average Bonchev–Trinajstić information content (AvgIpc) is 3.48. The van der Waals surface area contributed by atoms with Gasteiger partial charge >= 0.3 is 0 Å². The van der Waals surface area contributed by atoms with Gasteiger partial charge in [0.25, 0.3) is 5.92 Å². The maximum Gasteiger partial charge on any atom is 0.268 e. The minimum absolute atomic E-state index is 0.144. The van der Waals surface area contributed by atoms with Crippen molar-refractivity contribution in [2.24, 2.45) is 4.99 Å². The van der Waals surface area contributed by atoms with Gasteiger partial charge in [-0.25, -0.2) is 8.78 Å². The number of alkyl halides is 2. The van der Waals surface area contributed by atoms with E-state index >= 15 is 0 Å². The number of nitrogens with zero attached hydrogens (tertiary/aromatic N) is 4. The number of likely N-dealkylation sites (tertiary alicyclic amines) is 1. The number of aromatic nitrogens is 1. The van der Waals surface area contributed by atoms with E-state index in [0.29, 0.717) is 23.0 Å². The summed E-state index contributed by atoms with van der Waals surface area (Å²) in [5.41, 5.74) is 5.28. The summed E-state index contributed by atoms with van der Waals surface area (Å²) in [6.07, 6.45) is 6.29. The lowest BCUT2D eigenvalue weighted by molar-refractivity contribution is -0.132. The SMILES string of the molecule is N#C[C@@H]1CC(F)(F)CN1C(=O)CCC(=O)c1ccnc2ccc(/C=C/c3ccc4c(c3)C=NC4)cc12. The highest BCUT2D eigenvalue weighted by atomic mass is 19.3. The zero-order chi connectivity index (χ0) is 25.3. The Labute approximate surface area is 206 Å². The zero-order valence-corrected chi connectivity index (χ0v) is 19.3. The number of Topliss-reactive ketones (excluding diaryl/α,β-unsaturated/α-hetero) is 1. The highest BCUT2D eigenvalue weighted by molar-refractivity contribution is 6.08. The van der Waals surface area contributed by atoms with E-state index in [1.54, 1.807) is 12.1 Å². The van der Waals surface area contributed by atoms with Crippen LogP contribution in [0.5, 0.6) is 0 Å². The topological polar surface area (TPSA) is 86.4 Å². The summed E-state index contributed by atoms with van der Waals surface area (Å²) < 4.78 is 27.3. The van der Waals surface area contributed by atoms with Crippen LogP contribution in [-0.4, -0.2) is 46.3 Å². The van der Waals surface area contributed by atoms with Crippen LogP contribution < -0.4 is 0 Å². The van der Waals surface area contributed by atoms with Gasteiger partial charge < -0.3 is 4.90 Å². The summed E-state index contributed by atoms with van der Waals surface area (Å²) in [5, 5.41) is 9.77. The van der Waals surface area contributed by atoms with Gasteiger partial charge in [-0.3, -0.25) is 19.6 Å². The Bertz CT molecular complexity index is 1470. The molecule has 180 valence electrons. The molecule has 1 aromatic heterocycles. The Morgan fingerprint density at radius 1 is 1.11 bits per heavy atom. The van der Waals surface area contributed by atoms with Crippen molar-refractivity contribution in [1.82, 2.24) is 9.88 Å². The van der Waals surface area contributed by atoms with Crippen molar-refractivity contribution < 1.29 is 18.4 Å². The zero-order valence-electron chi connectivity index (χ0n) is 19.3. The first-order chi connectivity index (χ1) is 17.3. The Morgan fingerprint density at radius 2 is 1.89 bits per heavy atom. The Hall–Kier alpha value is -4.25. The third-order valence-electron chi connectivity index (χ3n) is 6.50. The van der Waals surface area contributed by atoms with Gasteiger partial charge in [-0.1, -0.05) is 30.4 Å². The minimum Gasteiger partial charge on any atom is -0.320 e. The Kier molecular flexibility index (Phi) is 6.15. The number of pyridine rings is 1. The fraction of sp³-hybridized carbons (Fsp3) is 0.250. The molecule has 0 radical (unpaired) electrons. The van der Waals surface area contributed by atoms with Gasteiger partial charge in [-0.2, -0.15) is 5.26 Å². The monoisotopic (exact) mass is 484 g/mol. The molecule has 0 spiro atoms. The molecule has 1 amide bonds. The second-order valence-electron chi connectivity index (χ2n) is 9.05. The molecular formula is C28H22F2N4O2. The van der Waals surface area contributed by atoms with E-state index in [1.807, 2.05) is 42.6 Å². The number of fused-ring (bicyclic) bond motifs is 2. The number of nitriles is 1. The number of rotatable bonds is 6. The van der Waals surface area contributed by atoms with E-state index in [0.717, 1.165) is 21.6 Å². The Morgan fingerprint density at radius 3 is 2.69 bits per heavy atom. The third-order valence-corrected chi connectivity index (χ3v) is 6.50. The van der Waals surface area contributed by atoms with Crippen LogP contribution >= 0.6 is 0 Å². The molecule has 1 fully saturated rings. The molecule has 2 aliphatic heterocycles. The lowest BCUT2D eigenvalue weighted by atomic mass is 9.99. The van der Waals surface area contributed by atoms with Gasteiger partial charge in [0, 0.05) is 42.6 Å². The minimum atomic E-state index is -3.08. The standard InChI is InChI=1S/C28H22F2N4O2/c29-28(30)13-22(14-31)34(17-28)27(36)8-7-26(35)23-9-10-33-25-6-4-19(12-24(23)25)2-1-18-3-5-20-15-32-16-21(20)11-18/h1-6,9-12,16,22H,7-8,13,15,17H2/b2-1+/t22-/m0/s1. The Balaban J connectivity index is 1.32. The van der Waals surface area contributed by atoms with Gasteiger partial charge in [0.15, 0.2) is 5.78 Å². The molecule has 1 atom stereocenters. The largest absolute Gasteiger partial charge is 0.320 e. The molecule has 0 bridgehead atoms. The quantitative estimate of drug-likeness (QED) is 0.362. The first-order valence-corrected chi connectivity index (χ1v) is 11.6. The molecule has 5 rings (SSSR count). The predicted octanol–water partition coefficient (Wildman–Crippen LogP) is 5.06. The summed E-state index contributed by atoms with van der Waals surface area (Å²) in [4.78, 5) is 35.0. The number of hydrogen-bond donors (Lipinski definition) is 0. The van der Waals surface area contributed by atoms with E-state index in [1.165, 1.54) is 11.8 Å².